The van der Waals surface area contributed by atoms with E-state index in [4.69, 9.17) is 4.74 Å². The second-order valence-electron chi connectivity index (χ2n) is 4.79. The highest BCUT2D eigenvalue weighted by molar-refractivity contribution is 5.87. The minimum absolute atomic E-state index is 0.190. The van der Waals surface area contributed by atoms with Crippen LogP contribution in [0.5, 0.6) is 0 Å². The summed E-state index contributed by atoms with van der Waals surface area (Å²) < 4.78 is 46.9. The third-order valence-electron chi connectivity index (χ3n) is 3.06. The molecule has 24 heavy (non-hydrogen) atoms. The molecule has 0 spiro atoms. The highest BCUT2D eigenvalue weighted by Crippen LogP contribution is 2.29. The van der Waals surface area contributed by atoms with Crippen LogP contribution in [0, 0.1) is 0 Å². The fourth-order valence-corrected chi connectivity index (χ4v) is 1.88. The molecule has 0 atom stereocenters. The molecular formula is C15H16F3N3O3. The van der Waals surface area contributed by atoms with Crippen molar-refractivity contribution in [2.45, 2.75) is 26.3 Å². The molecule has 2 N–H and O–H groups in total. The number of rotatable bonds is 6. The van der Waals surface area contributed by atoms with Gasteiger partial charge < -0.3 is 14.6 Å². The molecule has 0 radical (unpaired) electrons. The van der Waals surface area contributed by atoms with Gasteiger partial charge in [0.2, 0.25) is 5.88 Å². The zero-order chi connectivity index (χ0) is 17.6. The highest BCUT2D eigenvalue weighted by Gasteiger charge is 2.35. The largest absolute Gasteiger partial charge is 0.436 e. The minimum atomic E-state index is -4.63. The van der Waals surface area contributed by atoms with Crippen molar-refractivity contribution in [3.8, 4) is 0 Å². The summed E-state index contributed by atoms with van der Waals surface area (Å²) >= 11 is 0. The maximum Gasteiger partial charge on any atom is 0.436 e. The van der Waals surface area contributed by atoms with Gasteiger partial charge in [-0.05, 0) is 18.1 Å². The van der Waals surface area contributed by atoms with Crippen molar-refractivity contribution in [1.82, 2.24) is 10.5 Å². The van der Waals surface area contributed by atoms with E-state index in [1.807, 2.05) is 31.2 Å². The lowest BCUT2D eigenvalue weighted by Crippen LogP contribution is -2.28. The van der Waals surface area contributed by atoms with Crippen LogP contribution < -0.4 is 10.6 Å². The molecule has 1 aromatic heterocycles. The first-order valence-corrected chi connectivity index (χ1v) is 7.13. The van der Waals surface area contributed by atoms with Crippen molar-refractivity contribution >= 4 is 11.9 Å². The molecule has 0 aliphatic carbocycles. The molecule has 6 nitrogen and oxygen atoms in total. The van der Waals surface area contributed by atoms with Gasteiger partial charge in [0.25, 0.3) is 0 Å². The first-order chi connectivity index (χ1) is 11.4. The van der Waals surface area contributed by atoms with Crippen LogP contribution in [-0.2, 0) is 24.1 Å². The standard InChI is InChI=1S/C15H16F3N3O3/c1-2-23-9-11-6-4-3-5-10(11)8-19-14(22)20-13-7-12(21-24-13)15(16,17)18/h3-7H,2,8-9H2,1H3,(H2,19,20,22). The zero-order valence-corrected chi connectivity index (χ0v) is 12.8. The minimum Gasteiger partial charge on any atom is -0.377 e. The van der Waals surface area contributed by atoms with Gasteiger partial charge >= 0.3 is 12.2 Å². The predicted octanol–water partition coefficient (Wildman–Crippen LogP) is 3.55. The van der Waals surface area contributed by atoms with Crippen molar-refractivity contribution in [3.05, 3.63) is 47.2 Å². The topological polar surface area (TPSA) is 76.4 Å². The Balaban J connectivity index is 1.91. The van der Waals surface area contributed by atoms with Crippen molar-refractivity contribution in [2.75, 3.05) is 11.9 Å². The number of hydrogen-bond acceptors (Lipinski definition) is 4. The summed E-state index contributed by atoms with van der Waals surface area (Å²) in [7, 11) is 0. The number of amides is 2. The molecule has 2 rings (SSSR count). The SMILES string of the molecule is CCOCc1ccccc1CNC(=O)Nc1cc(C(F)(F)F)no1. The Morgan fingerprint density at radius 1 is 1.29 bits per heavy atom. The average molecular weight is 343 g/mol. The fourth-order valence-electron chi connectivity index (χ4n) is 1.88. The van der Waals surface area contributed by atoms with Gasteiger partial charge in [-0.25, -0.2) is 4.79 Å². The van der Waals surface area contributed by atoms with E-state index in [0.717, 1.165) is 11.1 Å². The van der Waals surface area contributed by atoms with E-state index < -0.39 is 17.9 Å². The normalized spacial score (nSPS) is 11.3. The van der Waals surface area contributed by atoms with Crippen LogP contribution in [-0.4, -0.2) is 17.8 Å². The van der Waals surface area contributed by atoms with E-state index in [9.17, 15) is 18.0 Å². The molecule has 2 aromatic rings. The number of nitrogens with zero attached hydrogens (tertiary/aromatic N) is 1. The lowest BCUT2D eigenvalue weighted by molar-refractivity contribution is -0.142. The summed E-state index contributed by atoms with van der Waals surface area (Å²) in [6.45, 7) is 3.04. The Hall–Kier alpha value is -2.55. The maximum absolute atomic E-state index is 12.4. The Morgan fingerprint density at radius 2 is 2.00 bits per heavy atom. The van der Waals surface area contributed by atoms with Crippen LogP contribution in [0.3, 0.4) is 0 Å². The molecule has 0 aliphatic rings. The van der Waals surface area contributed by atoms with Crippen molar-refractivity contribution < 1.29 is 27.2 Å². The monoisotopic (exact) mass is 343 g/mol. The van der Waals surface area contributed by atoms with Crippen molar-refractivity contribution in [3.63, 3.8) is 0 Å². The van der Waals surface area contributed by atoms with E-state index >= 15 is 0 Å². The lowest BCUT2D eigenvalue weighted by atomic mass is 10.1. The fraction of sp³-hybridized carbons (Fsp3) is 0.333. The maximum atomic E-state index is 12.4. The van der Waals surface area contributed by atoms with E-state index in [1.54, 1.807) is 0 Å². The third kappa shape index (κ3) is 4.98. The van der Waals surface area contributed by atoms with E-state index in [1.165, 1.54) is 0 Å². The highest BCUT2D eigenvalue weighted by atomic mass is 19.4. The van der Waals surface area contributed by atoms with Crippen LogP contribution in [0.15, 0.2) is 34.9 Å². The van der Waals surface area contributed by atoms with Crippen molar-refractivity contribution in [2.24, 2.45) is 0 Å². The first-order valence-electron chi connectivity index (χ1n) is 7.13. The summed E-state index contributed by atoms with van der Waals surface area (Å²) in [5.41, 5.74) is 0.549. The Labute approximate surface area is 136 Å². The number of aromatic nitrogens is 1. The van der Waals surface area contributed by atoms with Gasteiger partial charge in [-0.1, -0.05) is 29.4 Å². The molecule has 0 aliphatic heterocycles. The molecule has 1 aromatic carbocycles. The van der Waals surface area contributed by atoms with Crippen LogP contribution in [0.4, 0.5) is 23.8 Å². The van der Waals surface area contributed by atoms with Gasteiger partial charge in [0.15, 0.2) is 5.69 Å². The van der Waals surface area contributed by atoms with E-state index in [0.29, 0.717) is 19.3 Å². The number of hydrogen-bond donors (Lipinski definition) is 2. The predicted molar refractivity (Wildman–Crippen MR) is 79.1 cm³/mol. The second kappa shape index (κ2) is 7.82. The summed E-state index contributed by atoms with van der Waals surface area (Å²) in [4.78, 5) is 11.7. The summed E-state index contributed by atoms with van der Waals surface area (Å²) in [6, 6.07) is 7.28. The summed E-state index contributed by atoms with van der Waals surface area (Å²) in [6.07, 6.45) is -4.63. The number of halogens is 3. The van der Waals surface area contributed by atoms with Crippen LogP contribution in [0.1, 0.15) is 23.7 Å². The number of carbonyl (C=O) groups is 1. The number of nitrogens with one attached hydrogen (secondary N) is 2. The van der Waals surface area contributed by atoms with Gasteiger partial charge in [-0.2, -0.15) is 13.2 Å². The lowest BCUT2D eigenvalue weighted by Gasteiger charge is -2.10. The van der Waals surface area contributed by atoms with Crippen LogP contribution in [0.2, 0.25) is 0 Å². The number of ether oxygens (including phenoxy) is 1. The summed E-state index contributed by atoms with van der Waals surface area (Å²) in [5, 5.41) is 7.54. The molecule has 0 saturated carbocycles. The molecule has 9 heteroatoms. The van der Waals surface area contributed by atoms with Gasteiger partial charge in [0.1, 0.15) is 0 Å². The first kappa shape index (κ1) is 17.8. The van der Waals surface area contributed by atoms with Gasteiger partial charge in [0.05, 0.1) is 6.61 Å². The molecule has 0 unspecified atom stereocenters. The van der Waals surface area contributed by atoms with E-state index in [-0.39, 0.29) is 12.4 Å². The van der Waals surface area contributed by atoms with E-state index in [2.05, 4.69) is 20.3 Å². The van der Waals surface area contributed by atoms with Crippen LogP contribution in [0.25, 0.3) is 0 Å². The quantitative estimate of drug-likeness (QED) is 0.841. The third-order valence-corrected chi connectivity index (χ3v) is 3.06. The molecule has 0 fully saturated rings. The molecule has 0 saturated heterocycles. The second-order valence-corrected chi connectivity index (χ2v) is 4.79. The molecule has 130 valence electrons. The Kier molecular flexibility index (Phi) is 5.80. The van der Waals surface area contributed by atoms with Crippen LogP contribution >= 0.6 is 0 Å². The summed E-state index contributed by atoms with van der Waals surface area (Å²) in [5.74, 6) is -0.387. The number of urea groups is 1. The van der Waals surface area contributed by atoms with Gasteiger partial charge in [-0.3, -0.25) is 5.32 Å². The number of alkyl halides is 3. The zero-order valence-electron chi connectivity index (χ0n) is 12.8. The smallest absolute Gasteiger partial charge is 0.377 e. The van der Waals surface area contributed by atoms with Gasteiger partial charge in [-0.15, -0.1) is 0 Å². The number of benzene rings is 1. The molecule has 1 heterocycles. The number of anilines is 1. The van der Waals surface area contributed by atoms with Crippen molar-refractivity contribution in [1.29, 1.82) is 0 Å². The number of carbonyl (C=O) groups excluding carboxylic acids is 1. The molecule has 0 bridgehead atoms. The Morgan fingerprint density at radius 3 is 2.62 bits per heavy atom. The molecule has 2 amide bonds. The Bertz CT molecular complexity index is 686. The average Bonchev–Trinajstić information content (AvgIpc) is 3.00. The molecular weight excluding hydrogens is 327 g/mol. The van der Waals surface area contributed by atoms with Gasteiger partial charge in [0, 0.05) is 19.2 Å².